The molecule has 2 nitrogen and oxygen atoms in total. The number of hydrogen-bond acceptors (Lipinski definition) is 2. The summed E-state index contributed by atoms with van der Waals surface area (Å²) in [6, 6.07) is 9.65. The molecular weight excluding hydrogens is 351 g/mol. The van der Waals surface area contributed by atoms with Crippen molar-refractivity contribution in [2.45, 2.75) is 20.3 Å². The van der Waals surface area contributed by atoms with Crippen molar-refractivity contribution in [3.8, 4) is 0 Å². The molecule has 2 aromatic rings. The van der Waals surface area contributed by atoms with Crippen LogP contribution in [0.1, 0.15) is 47.3 Å². The van der Waals surface area contributed by atoms with Gasteiger partial charge in [0.15, 0.2) is 0 Å². The summed E-state index contributed by atoms with van der Waals surface area (Å²) >= 11 is 6.20. The van der Waals surface area contributed by atoms with Gasteiger partial charge in [0.25, 0.3) is 0 Å². The van der Waals surface area contributed by atoms with Crippen molar-refractivity contribution in [2.75, 3.05) is 7.11 Å². The third-order valence-electron chi connectivity index (χ3n) is 4.31. The van der Waals surface area contributed by atoms with Crippen molar-refractivity contribution < 1.29 is 13.9 Å². The zero-order valence-corrected chi connectivity index (χ0v) is 15.9. The number of benzene rings is 2. The molecule has 0 aromatic heterocycles. The van der Waals surface area contributed by atoms with Crippen LogP contribution < -0.4 is 0 Å². The molecule has 0 aliphatic rings. The Bertz CT molecular complexity index is 835. The van der Waals surface area contributed by atoms with E-state index in [1.165, 1.54) is 13.2 Å². The minimum absolute atomic E-state index is 0.231. The van der Waals surface area contributed by atoms with Crippen molar-refractivity contribution >= 4 is 29.2 Å². The SMILES string of the molecule is C=C(c1cc(C(=O)OC)ccc1/C=C\C(C)CC)c1c(F)cccc1Cl. The molecular formula is C22H22ClFO2. The van der Waals surface area contributed by atoms with E-state index >= 15 is 0 Å². The van der Waals surface area contributed by atoms with Crippen LogP contribution in [0.25, 0.3) is 11.6 Å². The summed E-state index contributed by atoms with van der Waals surface area (Å²) in [5.41, 5.74) is 2.50. The lowest BCUT2D eigenvalue weighted by molar-refractivity contribution is 0.0600. The summed E-state index contributed by atoms with van der Waals surface area (Å²) in [5.74, 6) is -0.521. The fraction of sp³-hybridized carbons (Fsp3) is 0.227. The van der Waals surface area contributed by atoms with E-state index in [4.69, 9.17) is 16.3 Å². The Morgan fingerprint density at radius 3 is 2.69 bits per heavy atom. The average molecular weight is 373 g/mol. The molecule has 2 rings (SSSR count). The van der Waals surface area contributed by atoms with Crippen LogP contribution in [-0.4, -0.2) is 13.1 Å². The predicted octanol–water partition coefficient (Wildman–Crippen LogP) is 6.39. The number of carbonyl (C=O) groups is 1. The lowest BCUT2D eigenvalue weighted by atomic mass is 9.92. The lowest BCUT2D eigenvalue weighted by Gasteiger charge is -2.14. The van der Waals surface area contributed by atoms with Crippen LogP contribution in [0.5, 0.6) is 0 Å². The number of carbonyl (C=O) groups excluding carboxylic acids is 1. The largest absolute Gasteiger partial charge is 0.465 e. The number of halogens is 2. The molecule has 0 saturated carbocycles. The summed E-state index contributed by atoms with van der Waals surface area (Å²) in [4.78, 5) is 11.9. The van der Waals surface area contributed by atoms with Crippen LogP contribution in [0.4, 0.5) is 4.39 Å². The second-order valence-electron chi connectivity index (χ2n) is 6.11. The Hall–Kier alpha value is -2.39. The molecule has 0 fully saturated rings. The zero-order valence-electron chi connectivity index (χ0n) is 15.2. The van der Waals surface area contributed by atoms with Crippen LogP contribution in [0.15, 0.2) is 49.1 Å². The molecule has 2 aromatic carbocycles. The Kier molecular flexibility index (Phi) is 6.76. The standard InChI is InChI=1S/C22H22ClFO2/c1-5-14(2)9-10-16-11-12-17(22(25)26-4)13-18(16)15(3)21-19(23)7-6-8-20(21)24/h6-14H,3,5H2,1-2,4H3/b10-9-. The fourth-order valence-electron chi connectivity index (χ4n) is 2.53. The highest BCUT2D eigenvalue weighted by molar-refractivity contribution is 6.32. The molecule has 0 saturated heterocycles. The molecule has 0 spiro atoms. The quantitative estimate of drug-likeness (QED) is 0.549. The first-order valence-corrected chi connectivity index (χ1v) is 8.81. The van der Waals surface area contributed by atoms with E-state index < -0.39 is 11.8 Å². The molecule has 1 unspecified atom stereocenters. The number of esters is 1. The van der Waals surface area contributed by atoms with Gasteiger partial charge in [-0.05, 0) is 46.9 Å². The highest BCUT2D eigenvalue weighted by Gasteiger charge is 2.17. The molecule has 0 aliphatic carbocycles. The number of hydrogen-bond donors (Lipinski definition) is 0. The van der Waals surface area contributed by atoms with Crippen LogP contribution in [0, 0.1) is 11.7 Å². The van der Waals surface area contributed by atoms with Crippen LogP contribution in [0.2, 0.25) is 5.02 Å². The first-order valence-electron chi connectivity index (χ1n) is 8.43. The number of allylic oxidation sites excluding steroid dienone is 1. The molecule has 0 amide bonds. The highest BCUT2D eigenvalue weighted by Crippen LogP contribution is 2.33. The van der Waals surface area contributed by atoms with Gasteiger partial charge in [-0.1, -0.05) is 62.7 Å². The molecule has 0 bridgehead atoms. The maximum Gasteiger partial charge on any atom is 0.337 e. The zero-order chi connectivity index (χ0) is 19.3. The topological polar surface area (TPSA) is 26.3 Å². The third-order valence-corrected chi connectivity index (χ3v) is 4.63. The van der Waals surface area contributed by atoms with Gasteiger partial charge in [0.05, 0.1) is 17.7 Å². The van der Waals surface area contributed by atoms with E-state index in [1.807, 2.05) is 6.08 Å². The van der Waals surface area contributed by atoms with Gasteiger partial charge in [0.2, 0.25) is 0 Å². The first-order chi connectivity index (χ1) is 12.4. The van der Waals surface area contributed by atoms with E-state index in [2.05, 4.69) is 26.5 Å². The molecule has 0 heterocycles. The van der Waals surface area contributed by atoms with E-state index in [9.17, 15) is 9.18 Å². The molecule has 0 N–H and O–H groups in total. The molecule has 136 valence electrons. The summed E-state index contributed by atoms with van der Waals surface area (Å²) in [7, 11) is 1.32. The van der Waals surface area contributed by atoms with Gasteiger partial charge < -0.3 is 4.74 Å². The van der Waals surface area contributed by atoms with Gasteiger partial charge >= 0.3 is 5.97 Å². The first kappa shape index (κ1) is 19.9. The fourth-order valence-corrected chi connectivity index (χ4v) is 2.81. The molecule has 0 radical (unpaired) electrons. The van der Waals surface area contributed by atoms with Gasteiger partial charge in [0, 0.05) is 5.56 Å². The Balaban J connectivity index is 2.60. The minimum atomic E-state index is -0.462. The van der Waals surface area contributed by atoms with Crippen molar-refractivity contribution in [3.05, 3.63) is 82.1 Å². The van der Waals surface area contributed by atoms with E-state index in [0.717, 1.165) is 12.0 Å². The van der Waals surface area contributed by atoms with Crippen molar-refractivity contribution in [1.82, 2.24) is 0 Å². The van der Waals surface area contributed by atoms with Crippen LogP contribution >= 0.6 is 11.6 Å². The maximum absolute atomic E-state index is 14.4. The van der Waals surface area contributed by atoms with Gasteiger partial charge in [0.1, 0.15) is 5.82 Å². The second kappa shape index (κ2) is 8.81. The van der Waals surface area contributed by atoms with Crippen molar-refractivity contribution in [1.29, 1.82) is 0 Å². The van der Waals surface area contributed by atoms with Gasteiger partial charge in [-0.2, -0.15) is 0 Å². The highest BCUT2D eigenvalue weighted by atomic mass is 35.5. The van der Waals surface area contributed by atoms with Crippen LogP contribution in [-0.2, 0) is 4.74 Å². The summed E-state index contributed by atoms with van der Waals surface area (Å²) in [6.07, 6.45) is 5.05. The lowest BCUT2D eigenvalue weighted by Crippen LogP contribution is -2.03. The van der Waals surface area contributed by atoms with Crippen molar-refractivity contribution in [3.63, 3.8) is 0 Å². The molecule has 1 atom stereocenters. The van der Waals surface area contributed by atoms with E-state index in [1.54, 1.807) is 30.3 Å². The van der Waals surface area contributed by atoms with E-state index in [0.29, 0.717) is 22.6 Å². The Morgan fingerprint density at radius 1 is 1.35 bits per heavy atom. The molecule has 4 heteroatoms. The number of methoxy groups -OCH3 is 1. The Morgan fingerprint density at radius 2 is 2.08 bits per heavy atom. The molecule has 0 aliphatic heterocycles. The minimum Gasteiger partial charge on any atom is -0.465 e. The number of ether oxygens (including phenoxy) is 1. The van der Waals surface area contributed by atoms with Gasteiger partial charge in [-0.3, -0.25) is 0 Å². The maximum atomic E-state index is 14.4. The predicted molar refractivity (Wildman–Crippen MR) is 106 cm³/mol. The van der Waals surface area contributed by atoms with Crippen molar-refractivity contribution in [2.24, 2.45) is 5.92 Å². The molecule has 26 heavy (non-hydrogen) atoms. The van der Waals surface area contributed by atoms with Gasteiger partial charge in [-0.25, -0.2) is 9.18 Å². The summed E-state index contributed by atoms with van der Waals surface area (Å²) < 4.78 is 19.2. The second-order valence-corrected chi connectivity index (χ2v) is 6.52. The Labute approximate surface area is 159 Å². The summed E-state index contributed by atoms with van der Waals surface area (Å²) in [6.45, 7) is 8.26. The average Bonchev–Trinajstić information content (AvgIpc) is 2.64. The normalized spacial score (nSPS) is 12.2. The van der Waals surface area contributed by atoms with Gasteiger partial charge in [-0.15, -0.1) is 0 Å². The van der Waals surface area contributed by atoms with E-state index in [-0.39, 0.29) is 10.6 Å². The third kappa shape index (κ3) is 4.41. The smallest absolute Gasteiger partial charge is 0.337 e. The monoisotopic (exact) mass is 372 g/mol. The summed E-state index contributed by atoms with van der Waals surface area (Å²) in [5, 5.41) is 0.273. The number of rotatable bonds is 6. The van der Waals surface area contributed by atoms with Crippen LogP contribution in [0.3, 0.4) is 0 Å².